The molecule has 1 heterocycles. The summed E-state index contributed by atoms with van der Waals surface area (Å²) in [5.74, 6) is 0.625. The summed E-state index contributed by atoms with van der Waals surface area (Å²) in [6, 6.07) is 7.97. The zero-order valence-electron chi connectivity index (χ0n) is 15.8. The largest absolute Gasteiger partial charge is 0.396 e. The molecule has 1 aromatic rings. The second-order valence-corrected chi connectivity index (χ2v) is 7.24. The van der Waals surface area contributed by atoms with E-state index in [0.717, 1.165) is 50.5 Å². The number of nitrogens with two attached hydrogens (primary N) is 1. The fourth-order valence-electron chi connectivity index (χ4n) is 3.34. The highest BCUT2D eigenvalue weighted by atomic mass is 127. The molecule has 2 rings (SSSR count). The lowest BCUT2D eigenvalue weighted by atomic mass is 9.79. The van der Waals surface area contributed by atoms with Crippen LogP contribution < -0.4 is 10.6 Å². The molecule has 0 spiro atoms. The average Bonchev–Trinajstić information content (AvgIpc) is 2.66. The SMILES string of the molecule is CCC(CC)(CCO)CN=C(N)N1CCN(c2ccc(Cl)cc2)CC1.I. The van der Waals surface area contributed by atoms with Gasteiger partial charge in [0.15, 0.2) is 5.96 Å². The van der Waals surface area contributed by atoms with E-state index in [0.29, 0.717) is 12.5 Å². The fraction of sp³-hybridized carbons (Fsp3) is 0.632. The van der Waals surface area contributed by atoms with E-state index in [4.69, 9.17) is 17.3 Å². The Balaban J connectivity index is 0.00000338. The predicted molar refractivity (Wildman–Crippen MR) is 122 cm³/mol. The van der Waals surface area contributed by atoms with Gasteiger partial charge in [-0.15, -0.1) is 24.0 Å². The van der Waals surface area contributed by atoms with Crippen molar-refractivity contribution in [3.8, 4) is 0 Å². The zero-order chi connectivity index (χ0) is 18.3. The van der Waals surface area contributed by atoms with Crippen LogP contribution in [-0.2, 0) is 0 Å². The first-order chi connectivity index (χ1) is 12.0. The lowest BCUT2D eigenvalue weighted by molar-refractivity contribution is 0.175. The third-order valence-corrected chi connectivity index (χ3v) is 5.77. The van der Waals surface area contributed by atoms with E-state index in [1.54, 1.807) is 0 Å². The van der Waals surface area contributed by atoms with Crippen molar-refractivity contribution in [1.82, 2.24) is 4.90 Å². The minimum Gasteiger partial charge on any atom is -0.396 e. The highest BCUT2D eigenvalue weighted by Gasteiger charge is 2.26. The lowest BCUT2D eigenvalue weighted by Gasteiger charge is -2.37. The van der Waals surface area contributed by atoms with Gasteiger partial charge in [0, 0.05) is 50.0 Å². The predicted octanol–water partition coefficient (Wildman–Crippen LogP) is 3.58. The Hall–Kier alpha value is -0.730. The summed E-state index contributed by atoms with van der Waals surface area (Å²) in [5.41, 5.74) is 7.50. The maximum absolute atomic E-state index is 9.33. The van der Waals surface area contributed by atoms with Crippen LogP contribution in [0.2, 0.25) is 5.02 Å². The van der Waals surface area contributed by atoms with Gasteiger partial charge in [-0.25, -0.2) is 0 Å². The molecule has 1 aliphatic heterocycles. The molecule has 0 bridgehead atoms. The van der Waals surface area contributed by atoms with Gasteiger partial charge in [0.25, 0.3) is 0 Å². The van der Waals surface area contributed by atoms with E-state index in [1.807, 2.05) is 12.1 Å². The fourth-order valence-corrected chi connectivity index (χ4v) is 3.46. The molecular weight excluding hydrogens is 463 g/mol. The number of aliphatic hydroxyl groups is 1. The van der Waals surface area contributed by atoms with Gasteiger partial charge in [-0.05, 0) is 48.9 Å². The van der Waals surface area contributed by atoms with Gasteiger partial charge in [-0.1, -0.05) is 25.4 Å². The lowest BCUT2D eigenvalue weighted by Crippen LogP contribution is -2.51. The first kappa shape index (κ1) is 23.3. The van der Waals surface area contributed by atoms with Crippen molar-refractivity contribution in [2.75, 3.05) is 44.2 Å². The van der Waals surface area contributed by atoms with Crippen molar-refractivity contribution < 1.29 is 5.11 Å². The van der Waals surface area contributed by atoms with Crippen LogP contribution >= 0.6 is 35.6 Å². The smallest absolute Gasteiger partial charge is 0.191 e. The number of hydrogen-bond acceptors (Lipinski definition) is 3. The number of nitrogens with zero attached hydrogens (tertiary/aromatic N) is 3. The molecule has 148 valence electrons. The number of hydrogen-bond donors (Lipinski definition) is 2. The van der Waals surface area contributed by atoms with E-state index in [9.17, 15) is 5.11 Å². The van der Waals surface area contributed by atoms with Gasteiger partial charge < -0.3 is 20.6 Å². The molecule has 1 fully saturated rings. The standard InChI is InChI=1S/C19H31ClN4O.HI/c1-3-19(4-2,9-14-25)15-22-18(21)24-12-10-23(11-13-24)17-7-5-16(20)6-8-17;/h5-8,25H,3-4,9-15H2,1-2H3,(H2,21,22);1H. The third kappa shape index (κ3) is 6.16. The van der Waals surface area contributed by atoms with Crippen LogP contribution in [0, 0.1) is 5.41 Å². The van der Waals surface area contributed by atoms with Gasteiger partial charge in [-0.2, -0.15) is 0 Å². The minimum absolute atomic E-state index is 0. The van der Waals surface area contributed by atoms with Crippen LogP contribution in [0.15, 0.2) is 29.3 Å². The molecule has 0 atom stereocenters. The second-order valence-electron chi connectivity index (χ2n) is 6.81. The summed E-state index contributed by atoms with van der Waals surface area (Å²) in [5, 5.41) is 10.1. The summed E-state index contributed by atoms with van der Waals surface area (Å²) < 4.78 is 0. The Morgan fingerprint density at radius 3 is 2.23 bits per heavy atom. The van der Waals surface area contributed by atoms with E-state index in [-0.39, 0.29) is 36.0 Å². The Morgan fingerprint density at radius 1 is 1.15 bits per heavy atom. The van der Waals surface area contributed by atoms with Crippen molar-refractivity contribution in [2.24, 2.45) is 16.1 Å². The Labute approximate surface area is 179 Å². The molecule has 0 amide bonds. The van der Waals surface area contributed by atoms with Crippen molar-refractivity contribution in [3.05, 3.63) is 29.3 Å². The van der Waals surface area contributed by atoms with E-state index in [2.05, 4.69) is 40.8 Å². The zero-order valence-corrected chi connectivity index (χ0v) is 18.9. The van der Waals surface area contributed by atoms with E-state index in [1.165, 1.54) is 5.69 Å². The number of aliphatic hydroxyl groups excluding tert-OH is 1. The topological polar surface area (TPSA) is 65.1 Å². The van der Waals surface area contributed by atoms with Crippen LogP contribution in [0.1, 0.15) is 33.1 Å². The average molecular weight is 495 g/mol. The van der Waals surface area contributed by atoms with E-state index < -0.39 is 0 Å². The molecule has 0 saturated carbocycles. The molecule has 1 saturated heterocycles. The maximum Gasteiger partial charge on any atom is 0.191 e. The number of benzene rings is 1. The molecule has 7 heteroatoms. The summed E-state index contributed by atoms with van der Waals surface area (Å²) in [6.07, 6.45) is 2.79. The normalized spacial score (nSPS) is 15.8. The summed E-state index contributed by atoms with van der Waals surface area (Å²) >= 11 is 5.96. The molecule has 1 aromatic carbocycles. The molecule has 0 aliphatic carbocycles. The van der Waals surface area contributed by atoms with Gasteiger partial charge >= 0.3 is 0 Å². The quantitative estimate of drug-likeness (QED) is 0.345. The minimum atomic E-state index is 0. The molecule has 0 unspecified atom stereocenters. The number of rotatable bonds is 7. The molecular formula is C19H32ClIN4O. The summed E-state index contributed by atoms with van der Waals surface area (Å²) in [4.78, 5) is 9.16. The maximum atomic E-state index is 9.33. The van der Waals surface area contributed by atoms with Crippen LogP contribution in [0.4, 0.5) is 5.69 Å². The number of guanidine groups is 1. The Bertz CT molecular complexity index is 555. The molecule has 0 aromatic heterocycles. The Kier molecular flexibility index (Phi) is 10.0. The summed E-state index contributed by atoms with van der Waals surface area (Å²) in [7, 11) is 0. The van der Waals surface area contributed by atoms with Crippen molar-refractivity contribution in [3.63, 3.8) is 0 Å². The van der Waals surface area contributed by atoms with Crippen LogP contribution in [0.5, 0.6) is 0 Å². The number of piperazine rings is 1. The van der Waals surface area contributed by atoms with Gasteiger partial charge in [0.1, 0.15) is 0 Å². The molecule has 5 nitrogen and oxygen atoms in total. The Morgan fingerprint density at radius 2 is 1.73 bits per heavy atom. The first-order valence-corrected chi connectivity index (χ1v) is 9.57. The van der Waals surface area contributed by atoms with Crippen LogP contribution in [0.3, 0.4) is 0 Å². The highest BCUT2D eigenvalue weighted by Crippen LogP contribution is 2.30. The molecule has 1 aliphatic rings. The highest BCUT2D eigenvalue weighted by molar-refractivity contribution is 14.0. The summed E-state index contributed by atoms with van der Waals surface area (Å²) in [6.45, 7) is 8.78. The van der Waals surface area contributed by atoms with Gasteiger partial charge in [0.2, 0.25) is 0 Å². The second kappa shape index (κ2) is 11.2. The van der Waals surface area contributed by atoms with Crippen molar-refractivity contribution >= 4 is 47.2 Å². The monoisotopic (exact) mass is 494 g/mol. The molecule has 26 heavy (non-hydrogen) atoms. The van der Waals surface area contributed by atoms with Crippen LogP contribution in [-0.4, -0.2) is 55.3 Å². The van der Waals surface area contributed by atoms with Crippen molar-refractivity contribution in [2.45, 2.75) is 33.1 Å². The first-order valence-electron chi connectivity index (χ1n) is 9.20. The molecule has 3 N–H and O–H groups in total. The number of halogens is 2. The van der Waals surface area contributed by atoms with Crippen molar-refractivity contribution in [1.29, 1.82) is 0 Å². The van der Waals surface area contributed by atoms with Crippen LogP contribution in [0.25, 0.3) is 0 Å². The number of anilines is 1. The van der Waals surface area contributed by atoms with Gasteiger partial charge in [-0.3, -0.25) is 4.99 Å². The number of aliphatic imine (C=N–C) groups is 1. The third-order valence-electron chi connectivity index (χ3n) is 5.51. The van der Waals surface area contributed by atoms with Gasteiger partial charge in [0.05, 0.1) is 0 Å². The molecule has 0 radical (unpaired) electrons. The van der Waals surface area contributed by atoms with E-state index >= 15 is 0 Å².